The fourth-order valence-corrected chi connectivity index (χ4v) is 1.02. The third-order valence-electron chi connectivity index (χ3n) is 1.32. The maximum atomic E-state index is 11.3. The fraction of sp³-hybridized carbons (Fsp3) is 0.111. The molecule has 63 valence electrons. The number of benzene rings is 1. The molecule has 1 amide bonds. The lowest BCUT2D eigenvalue weighted by Gasteiger charge is -2.05. The van der Waals surface area contributed by atoms with Crippen LogP contribution in [0.15, 0.2) is 30.3 Å². The van der Waals surface area contributed by atoms with Crippen LogP contribution in [-0.4, -0.2) is 10.9 Å². The molecule has 0 fully saturated rings. The molecule has 2 nitrogen and oxygen atoms in total. The van der Waals surface area contributed by atoms with Crippen LogP contribution in [0, 0.1) is 6.92 Å². The Bertz CT molecular complexity index is 258. The Balaban J connectivity index is 2.66. The summed E-state index contributed by atoms with van der Waals surface area (Å²) in [6.45, 7) is 3.59. The van der Waals surface area contributed by atoms with Gasteiger partial charge in [-0.25, -0.2) is 0 Å². The number of alkyl halides is 1. The Labute approximate surface area is 80.1 Å². The van der Waals surface area contributed by atoms with Crippen molar-refractivity contribution < 1.29 is 4.79 Å². The van der Waals surface area contributed by atoms with Crippen LogP contribution in [0.5, 0.6) is 0 Å². The molecule has 0 aliphatic heterocycles. The van der Waals surface area contributed by atoms with Gasteiger partial charge in [0.15, 0.2) is 0 Å². The Morgan fingerprint density at radius 1 is 1.42 bits per heavy atom. The highest BCUT2D eigenvalue weighted by atomic mass is 79.9. The second-order valence-electron chi connectivity index (χ2n) is 2.31. The molecule has 0 spiro atoms. The van der Waals surface area contributed by atoms with Gasteiger partial charge in [0.25, 0.3) is 5.91 Å². The summed E-state index contributed by atoms with van der Waals surface area (Å²) in [4.78, 5) is 11.0. The van der Waals surface area contributed by atoms with Crippen LogP contribution in [0.25, 0.3) is 0 Å². The minimum Gasteiger partial charge on any atom is -0.340 e. The van der Waals surface area contributed by atoms with Crippen LogP contribution in [-0.2, 0) is 0 Å². The largest absolute Gasteiger partial charge is 0.340 e. The van der Waals surface area contributed by atoms with E-state index in [0.717, 1.165) is 0 Å². The quantitative estimate of drug-likeness (QED) is 0.607. The monoisotopic (exact) mass is 226 g/mol. The molecular weight excluding hydrogens is 218 g/mol. The van der Waals surface area contributed by atoms with E-state index in [1.165, 1.54) is 0 Å². The average Bonchev–Trinajstić information content (AvgIpc) is 2.05. The number of carbonyl (C=O) groups excluding carboxylic acids is 1. The maximum Gasteiger partial charge on any atom is 0.252 e. The first kappa shape index (κ1) is 9.26. The highest BCUT2D eigenvalue weighted by molar-refractivity contribution is 9.09. The van der Waals surface area contributed by atoms with E-state index in [9.17, 15) is 4.79 Å². The standard InChI is InChI=1S/C9H9BrNO/c1-7(10)11-9(12)8-5-3-2-4-6-8/h2-7H,1H2,(H,11,12). The molecule has 3 heteroatoms. The van der Waals surface area contributed by atoms with Crippen molar-refractivity contribution in [2.45, 2.75) is 4.95 Å². The number of rotatable bonds is 2. The molecule has 1 aromatic rings. The van der Waals surface area contributed by atoms with Gasteiger partial charge in [0.05, 0.1) is 4.95 Å². The Kier molecular flexibility index (Phi) is 3.29. The average molecular weight is 227 g/mol. The molecule has 1 atom stereocenters. The van der Waals surface area contributed by atoms with Gasteiger partial charge in [0, 0.05) is 5.56 Å². The van der Waals surface area contributed by atoms with E-state index in [0.29, 0.717) is 5.56 Å². The zero-order valence-electron chi connectivity index (χ0n) is 6.46. The first-order valence-corrected chi connectivity index (χ1v) is 4.45. The molecule has 1 N–H and O–H groups in total. The van der Waals surface area contributed by atoms with Gasteiger partial charge < -0.3 is 5.32 Å². The summed E-state index contributed by atoms with van der Waals surface area (Å²) in [5, 5.41) is 2.63. The number of amides is 1. The molecule has 0 heterocycles. The SMILES string of the molecule is [CH2]C(Br)NC(=O)c1ccccc1. The smallest absolute Gasteiger partial charge is 0.252 e. The van der Waals surface area contributed by atoms with Crippen LogP contribution < -0.4 is 5.32 Å². The predicted molar refractivity (Wildman–Crippen MR) is 52.0 cm³/mol. The van der Waals surface area contributed by atoms with Gasteiger partial charge >= 0.3 is 0 Å². The van der Waals surface area contributed by atoms with E-state index in [-0.39, 0.29) is 10.9 Å². The van der Waals surface area contributed by atoms with Crippen molar-refractivity contribution >= 4 is 21.8 Å². The van der Waals surface area contributed by atoms with Crippen molar-refractivity contribution in [2.75, 3.05) is 0 Å². The van der Waals surface area contributed by atoms with Gasteiger partial charge in [-0.15, -0.1) is 0 Å². The van der Waals surface area contributed by atoms with Gasteiger partial charge in [-0.3, -0.25) is 4.79 Å². The second-order valence-corrected chi connectivity index (χ2v) is 3.41. The van der Waals surface area contributed by atoms with Gasteiger partial charge in [-0.2, -0.15) is 0 Å². The highest BCUT2D eigenvalue weighted by Gasteiger charge is 2.05. The fourth-order valence-electron chi connectivity index (χ4n) is 0.815. The van der Waals surface area contributed by atoms with Crippen LogP contribution >= 0.6 is 15.9 Å². The molecule has 0 saturated carbocycles. The molecule has 12 heavy (non-hydrogen) atoms. The van der Waals surface area contributed by atoms with Gasteiger partial charge in [0.2, 0.25) is 0 Å². The Hall–Kier alpha value is -0.830. The summed E-state index contributed by atoms with van der Waals surface area (Å²) in [5.74, 6) is -0.118. The number of nitrogens with one attached hydrogen (secondary N) is 1. The topological polar surface area (TPSA) is 29.1 Å². The summed E-state index contributed by atoms with van der Waals surface area (Å²) in [6.07, 6.45) is 0. The molecule has 1 radical (unpaired) electrons. The molecule has 0 aromatic heterocycles. The van der Waals surface area contributed by atoms with E-state index < -0.39 is 0 Å². The first-order valence-electron chi connectivity index (χ1n) is 3.53. The molecule has 1 aromatic carbocycles. The summed E-state index contributed by atoms with van der Waals surface area (Å²) in [5.41, 5.74) is 0.644. The van der Waals surface area contributed by atoms with Crippen LogP contribution in [0.2, 0.25) is 0 Å². The lowest BCUT2D eigenvalue weighted by Crippen LogP contribution is -2.28. The zero-order chi connectivity index (χ0) is 8.97. The molecular formula is C9H9BrNO. The first-order chi connectivity index (χ1) is 5.70. The zero-order valence-corrected chi connectivity index (χ0v) is 8.04. The summed E-state index contributed by atoms with van der Waals surface area (Å²) in [7, 11) is 0. The lowest BCUT2D eigenvalue weighted by atomic mass is 10.2. The summed E-state index contributed by atoms with van der Waals surface area (Å²) in [6, 6.07) is 9.02. The highest BCUT2D eigenvalue weighted by Crippen LogP contribution is 2.00. The second kappa shape index (κ2) is 4.26. The normalized spacial score (nSPS) is 12.2. The van der Waals surface area contributed by atoms with Gasteiger partial charge in [0.1, 0.15) is 0 Å². The van der Waals surface area contributed by atoms with Crippen molar-refractivity contribution in [2.24, 2.45) is 0 Å². The predicted octanol–water partition coefficient (Wildman–Crippen LogP) is 1.97. The lowest BCUT2D eigenvalue weighted by molar-refractivity contribution is 0.0955. The van der Waals surface area contributed by atoms with Gasteiger partial charge in [-0.05, 0) is 19.1 Å². The Morgan fingerprint density at radius 3 is 2.50 bits per heavy atom. The molecule has 0 bridgehead atoms. The molecule has 0 aliphatic carbocycles. The third-order valence-corrected chi connectivity index (χ3v) is 1.55. The van der Waals surface area contributed by atoms with Crippen molar-refractivity contribution in [3.8, 4) is 0 Å². The van der Waals surface area contributed by atoms with Crippen molar-refractivity contribution in [1.29, 1.82) is 0 Å². The Morgan fingerprint density at radius 2 is 2.00 bits per heavy atom. The molecule has 1 unspecified atom stereocenters. The number of carbonyl (C=O) groups is 1. The van der Waals surface area contributed by atoms with Crippen LogP contribution in [0.1, 0.15) is 10.4 Å². The maximum absolute atomic E-state index is 11.3. The summed E-state index contributed by atoms with van der Waals surface area (Å²) < 4.78 is 0. The number of hydrogen-bond acceptors (Lipinski definition) is 1. The third kappa shape index (κ3) is 2.66. The minimum absolute atomic E-state index is 0.118. The van der Waals surface area contributed by atoms with E-state index >= 15 is 0 Å². The van der Waals surface area contributed by atoms with E-state index in [1.54, 1.807) is 12.1 Å². The number of halogens is 1. The summed E-state index contributed by atoms with van der Waals surface area (Å²) >= 11 is 3.13. The van der Waals surface area contributed by atoms with Crippen molar-refractivity contribution in [3.63, 3.8) is 0 Å². The van der Waals surface area contributed by atoms with Crippen LogP contribution in [0.4, 0.5) is 0 Å². The molecule has 1 rings (SSSR count). The van der Waals surface area contributed by atoms with Crippen molar-refractivity contribution in [3.05, 3.63) is 42.8 Å². The minimum atomic E-state index is -0.245. The van der Waals surface area contributed by atoms with Gasteiger partial charge in [-0.1, -0.05) is 34.1 Å². The van der Waals surface area contributed by atoms with E-state index in [1.807, 2.05) is 18.2 Å². The number of hydrogen-bond donors (Lipinski definition) is 1. The van der Waals surface area contributed by atoms with E-state index in [2.05, 4.69) is 28.2 Å². The van der Waals surface area contributed by atoms with Crippen molar-refractivity contribution in [1.82, 2.24) is 5.32 Å². The molecule has 0 saturated heterocycles. The molecule has 0 aliphatic rings. The van der Waals surface area contributed by atoms with E-state index in [4.69, 9.17) is 0 Å². The van der Waals surface area contributed by atoms with Crippen LogP contribution in [0.3, 0.4) is 0 Å².